The molecule has 5 nitrogen and oxygen atoms in total. The van der Waals surface area contributed by atoms with Crippen LogP contribution in [0.2, 0.25) is 0 Å². The van der Waals surface area contributed by atoms with E-state index in [1.807, 2.05) is 54.6 Å². The SMILES string of the molecule is O=C(COc1ccccc1-c1ccccc1)NNC(=O)C[C@H]1C[C@H]2CC[C@@H]1C2. The average molecular weight is 378 g/mol. The monoisotopic (exact) mass is 378 g/mol. The Kier molecular flexibility index (Phi) is 5.60. The predicted octanol–water partition coefficient (Wildman–Crippen LogP) is 3.71. The van der Waals surface area contributed by atoms with Gasteiger partial charge in [0.25, 0.3) is 5.91 Å². The number of hydrogen-bond acceptors (Lipinski definition) is 3. The molecular formula is C23H26N2O3. The van der Waals surface area contributed by atoms with Crippen LogP contribution in [0.3, 0.4) is 0 Å². The molecule has 28 heavy (non-hydrogen) atoms. The van der Waals surface area contributed by atoms with Crippen molar-refractivity contribution in [1.82, 2.24) is 10.9 Å². The van der Waals surface area contributed by atoms with E-state index in [0.29, 0.717) is 24.0 Å². The summed E-state index contributed by atoms with van der Waals surface area (Å²) in [5, 5.41) is 0. The van der Waals surface area contributed by atoms with E-state index in [4.69, 9.17) is 4.74 Å². The van der Waals surface area contributed by atoms with Crippen LogP contribution in [0.5, 0.6) is 5.75 Å². The number of carbonyl (C=O) groups excluding carboxylic acids is 2. The maximum absolute atomic E-state index is 12.1. The van der Waals surface area contributed by atoms with Crippen molar-refractivity contribution in [2.75, 3.05) is 6.61 Å². The third-order valence-corrected chi connectivity index (χ3v) is 6.00. The Morgan fingerprint density at radius 3 is 2.39 bits per heavy atom. The Hall–Kier alpha value is -2.82. The molecule has 0 radical (unpaired) electrons. The van der Waals surface area contributed by atoms with E-state index < -0.39 is 0 Å². The van der Waals surface area contributed by atoms with Gasteiger partial charge in [0.1, 0.15) is 5.75 Å². The zero-order chi connectivity index (χ0) is 19.3. The average Bonchev–Trinajstić information content (AvgIpc) is 3.35. The number of hydrazine groups is 1. The molecular weight excluding hydrogens is 352 g/mol. The van der Waals surface area contributed by atoms with Gasteiger partial charge < -0.3 is 4.74 Å². The summed E-state index contributed by atoms with van der Waals surface area (Å²) in [7, 11) is 0. The molecule has 2 fully saturated rings. The van der Waals surface area contributed by atoms with E-state index in [1.165, 1.54) is 19.3 Å². The number of amides is 2. The molecule has 0 saturated heterocycles. The molecule has 0 unspecified atom stereocenters. The number of carbonyl (C=O) groups is 2. The van der Waals surface area contributed by atoms with Gasteiger partial charge in [-0.15, -0.1) is 0 Å². The molecule has 2 saturated carbocycles. The number of hydrogen-bond donors (Lipinski definition) is 2. The molecule has 4 rings (SSSR count). The summed E-state index contributed by atoms with van der Waals surface area (Å²) in [6.07, 6.45) is 5.51. The maximum Gasteiger partial charge on any atom is 0.276 e. The van der Waals surface area contributed by atoms with Gasteiger partial charge in [0.15, 0.2) is 6.61 Å². The smallest absolute Gasteiger partial charge is 0.276 e. The van der Waals surface area contributed by atoms with Gasteiger partial charge >= 0.3 is 0 Å². The largest absolute Gasteiger partial charge is 0.483 e. The van der Waals surface area contributed by atoms with Crippen LogP contribution in [0.4, 0.5) is 0 Å². The van der Waals surface area contributed by atoms with Gasteiger partial charge in [-0.25, -0.2) is 0 Å². The lowest BCUT2D eigenvalue weighted by Crippen LogP contribution is -2.44. The first-order chi connectivity index (χ1) is 13.7. The molecule has 0 aromatic heterocycles. The fraction of sp³-hybridized carbons (Fsp3) is 0.391. The fourth-order valence-corrected chi connectivity index (χ4v) is 4.68. The Balaban J connectivity index is 1.24. The second-order valence-electron chi connectivity index (χ2n) is 7.89. The zero-order valence-corrected chi connectivity index (χ0v) is 15.9. The topological polar surface area (TPSA) is 67.4 Å². The maximum atomic E-state index is 12.1. The van der Waals surface area contributed by atoms with Crippen LogP contribution >= 0.6 is 0 Å². The molecule has 3 atom stereocenters. The number of benzene rings is 2. The van der Waals surface area contributed by atoms with E-state index >= 15 is 0 Å². The number of ether oxygens (including phenoxy) is 1. The Morgan fingerprint density at radius 2 is 1.64 bits per heavy atom. The van der Waals surface area contributed by atoms with Crippen LogP contribution in [0.1, 0.15) is 32.1 Å². The van der Waals surface area contributed by atoms with Crippen molar-refractivity contribution in [2.45, 2.75) is 32.1 Å². The van der Waals surface area contributed by atoms with E-state index in [1.54, 1.807) is 0 Å². The lowest BCUT2D eigenvalue weighted by Gasteiger charge is -2.21. The third-order valence-electron chi connectivity index (χ3n) is 6.00. The first-order valence-corrected chi connectivity index (χ1v) is 10.0. The lowest BCUT2D eigenvalue weighted by atomic mass is 9.86. The molecule has 2 bridgehead atoms. The number of para-hydroxylation sites is 1. The molecule has 0 spiro atoms. The molecule has 2 aromatic carbocycles. The van der Waals surface area contributed by atoms with Crippen LogP contribution < -0.4 is 15.6 Å². The van der Waals surface area contributed by atoms with Gasteiger partial charge in [-0.2, -0.15) is 0 Å². The number of fused-ring (bicyclic) bond motifs is 2. The predicted molar refractivity (Wildman–Crippen MR) is 107 cm³/mol. The summed E-state index contributed by atoms with van der Waals surface area (Å²) in [4.78, 5) is 24.2. The Morgan fingerprint density at radius 1 is 0.893 bits per heavy atom. The summed E-state index contributed by atoms with van der Waals surface area (Å²) < 4.78 is 5.70. The standard InChI is InChI=1S/C23H26N2O3/c26-22(14-19-13-16-10-11-18(19)12-16)24-25-23(27)15-28-21-9-5-4-8-20(21)17-6-2-1-3-7-17/h1-9,16,18-19H,10-15H2,(H,24,26)(H,25,27)/t16-,18+,19+/m0/s1. The highest BCUT2D eigenvalue weighted by Gasteiger charge is 2.40. The summed E-state index contributed by atoms with van der Waals surface area (Å²) in [6.45, 7) is -0.155. The fourth-order valence-electron chi connectivity index (χ4n) is 4.68. The van der Waals surface area contributed by atoms with Crippen molar-refractivity contribution in [1.29, 1.82) is 0 Å². The van der Waals surface area contributed by atoms with Crippen molar-refractivity contribution >= 4 is 11.8 Å². The van der Waals surface area contributed by atoms with E-state index in [9.17, 15) is 9.59 Å². The van der Waals surface area contributed by atoms with Crippen molar-refractivity contribution in [3.05, 3.63) is 54.6 Å². The molecule has 2 aliphatic carbocycles. The van der Waals surface area contributed by atoms with Gasteiger partial charge in [0.05, 0.1) is 0 Å². The quantitative estimate of drug-likeness (QED) is 0.753. The zero-order valence-electron chi connectivity index (χ0n) is 15.9. The molecule has 5 heteroatoms. The normalized spacial score (nSPS) is 22.6. The first kappa shape index (κ1) is 18.5. The van der Waals surface area contributed by atoms with Gasteiger partial charge in [0, 0.05) is 12.0 Å². The summed E-state index contributed by atoms with van der Waals surface area (Å²) >= 11 is 0. The summed E-state index contributed by atoms with van der Waals surface area (Å²) in [6, 6.07) is 17.5. The van der Waals surface area contributed by atoms with E-state index in [-0.39, 0.29) is 18.4 Å². The minimum Gasteiger partial charge on any atom is -0.483 e. The highest BCUT2D eigenvalue weighted by atomic mass is 16.5. The highest BCUT2D eigenvalue weighted by molar-refractivity contribution is 5.83. The second-order valence-corrected chi connectivity index (χ2v) is 7.89. The van der Waals surface area contributed by atoms with Crippen molar-refractivity contribution in [3.63, 3.8) is 0 Å². The molecule has 2 N–H and O–H groups in total. The van der Waals surface area contributed by atoms with Crippen LogP contribution in [0, 0.1) is 17.8 Å². The third kappa shape index (κ3) is 4.35. The van der Waals surface area contributed by atoms with E-state index in [2.05, 4.69) is 10.9 Å². The van der Waals surface area contributed by atoms with Crippen LogP contribution in [0.15, 0.2) is 54.6 Å². The molecule has 2 amide bonds. The van der Waals surface area contributed by atoms with E-state index in [0.717, 1.165) is 23.5 Å². The highest BCUT2D eigenvalue weighted by Crippen LogP contribution is 2.49. The summed E-state index contributed by atoms with van der Waals surface area (Å²) in [5.41, 5.74) is 6.95. The molecule has 0 heterocycles. The first-order valence-electron chi connectivity index (χ1n) is 10.0. The van der Waals surface area contributed by atoms with Crippen molar-refractivity contribution < 1.29 is 14.3 Å². The minimum absolute atomic E-state index is 0.115. The van der Waals surface area contributed by atoms with Crippen molar-refractivity contribution in [3.8, 4) is 16.9 Å². The Labute approximate surface area is 165 Å². The van der Waals surface area contributed by atoms with Crippen LogP contribution in [-0.2, 0) is 9.59 Å². The van der Waals surface area contributed by atoms with Gasteiger partial charge in [-0.3, -0.25) is 20.4 Å². The molecule has 0 aliphatic heterocycles. The second kappa shape index (κ2) is 8.46. The molecule has 2 aromatic rings. The molecule has 146 valence electrons. The summed E-state index contributed by atoms with van der Waals surface area (Å²) in [5.74, 6) is 2.14. The van der Waals surface area contributed by atoms with Crippen LogP contribution in [0.25, 0.3) is 11.1 Å². The van der Waals surface area contributed by atoms with Crippen molar-refractivity contribution in [2.24, 2.45) is 17.8 Å². The van der Waals surface area contributed by atoms with Crippen LogP contribution in [-0.4, -0.2) is 18.4 Å². The van der Waals surface area contributed by atoms with Gasteiger partial charge in [0.2, 0.25) is 5.91 Å². The number of nitrogens with one attached hydrogen (secondary N) is 2. The van der Waals surface area contributed by atoms with Gasteiger partial charge in [-0.05, 0) is 48.6 Å². The molecule has 2 aliphatic rings. The van der Waals surface area contributed by atoms with Gasteiger partial charge in [-0.1, -0.05) is 55.0 Å². The minimum atomic E-state index is -0.371. The lowest BCUT2D eigenvalue weighted by molar-refractivity contribution is -0.130. The number of rotatable bonds is 6. The Bertz CT molecular complexity index is 837.